The molecule has 32 heavy (non-hydrogen) atoms. The first-order valence-electron chi connectivity index (χ1n) is 11.0. The number of aliphatic hydroxyl groups is 1. The molecule has 8 heteroatoms. The zero-order valence-corrected chi connectivity index (χ0v) is 18.6. The van der Waals surface area contributed by atoms with Gasteiger partial charge in [0.1, 0.15) is 6.61 Å². The number of aryl methyl sites for hydroxylation is 1. The van der Waals surface area contributed by atoms with Gasteiger partial charge in [0.05, 0.1) is 5.56 Å². The third-order valence-corrected chi connectivity index (χ3v) is 6.27. The minimum absolute atomic E-state index is 0.0906. The van der Waals surface area contributed by atoms with Crippen LogP contribution in [0.2, 0.25) is 0 Å². The number of fused-ring (bicyclic) bond motifs is 1. The Kier molecular flexibility index (Phi) is 6.50. The van der Waals surface area contributed by atoms with Crippen LogP contribution in [-0.2, 0) is 18.4 Å². The first-order chi connectivity index (χ1) is 15.5. The quantitative estimate of drug-likeness (QED) is 0.573. The highest BCUT2D eigenvalue weighted by molar-refractivity contribution is 5.96. The van der Waals surface area contributed by atoms with Crippen LogP contribution in [0.3, 0.4) is 0 Å². The maximum atomic E-state index is 12.4. The number of carbonyl (C=O) groups is 2. The van der Waals surface area contributed by atoms with Gasteiger partial charge in [0.25, 0.3) is 0 Å². The van der Waals surface area contributed by atoms with E-state index in [1.807, 2.05) is 24.1 Å². The van der Waals surface area contributed by atoms with E-state index in [0.29, 0.717) is 24.0 Å². The number of rotatable bonds is 7. The Morgan fingerprint density at radius 2 is 1.84 bits per heavy atom. The van der Waals surface area contributed by atoms with Crippen molar-refractivity contribution in [1.82, 2.24) is 19.4 Å². The van der Waals surface area contributed by atoms with Crippen LogP contribution in [0.15, 0.2) is 42.9 Å². The summed E-state index contributed by atoms with van der Waals surface area (Å²) in [7, 11) is 2.04. The normalized spacial score (nSPS) is 14.7. The lowest BCUT2D eigenvalue weighted by molar-refractivity contribution is -0.130. The third kappa shape index (κ3) is 4.65. The molecule has 1 aliphatic heterocycles. The summed E-state index contributed by atoms with van der Waals surface area (Å²) in [6, 6.07) is 8.28. The molecule has 1 N–H and O–H groups in total. The standard InChI is InChI=1S/C24H29N5O3/c1-17(31)29(15-20-14-27(2)22-6-4-3-5-21(20)22)13-18-7-9-28(10-8-18)24-25-11-19(12-26-24)23(32)16-30/h3-6,11-12,14,18,30H,7-10,13,15-16H2,1-2H3. The highest BCUT2D eigenvalue weighted by Gasteiger charge is 2.24. The molecule has 0 aliphatic carbocycles. The monoisotopic (exact) mass is 435 g/mol. The number of carbonyl (C=O) groups excluding carboxylic acids is 2. The van der Waals surface area contributed by atoms with Crippen molar-refractivity contribution in [3.8, 4) is 0 Å². The minimum atomic E-state index is -0.542. The van der Waals surface area contributed by atoms with E-state index in [-0.39, 0.29) is 11.7 Å². The van der Waals surface area contributed by atoms with Crippen LogP contribution in [0, 0.1) is 5.92 Å². The van der Waals surface area contributed by atoms with Gasteiger partial charge < -0.3 is 19.5 Å². The van der Waals surface area contributed by atoms with E-state index in [9.17, 15) is 9.59 Å². The smallest absolute Gasteiger partial charge is 0.225 e. The number of aromatic nitrogens is 3. The summed E-state index contributed by atoms with van der Waals surface area (Å²) in [6.07, 6.45) is 6.94. The Bertz CT molecular complexity index is 1100. The average Bonchev–Trinajstić information content (AvgIpc) is 3.14. The number of ketones is 1. The molecule has 1 aliphatic rings. The lowest BCUT2D eigenvalue weighted by Crippen LogP contribution is -2.40. The van der Waals surface area contributed by atoms with Crippen molar-refractivity contribution in [3.05, 3.63) is 54.0 Å². The Balaban J connectivity index is 1.37. The van der Waals surface area contributed by atoms with Crippen molar-refractivity contribution in [2.75, 3.05) is 31.1 Å². The lowest BCUT2D eigenvalue weighted by Gasteiger charge is -2.34. The van der Waals surface area contributed by atoms with Crippen LogP contribution in [0.25, 0.3) is 10.9 Å². The van der Waals surface area contributed by atoms with Crippen LogP contribution in [0.4, 0.5) is 5.95 Å². The van der Waals surface area contributed by atoms with Gasteiger partial charge in [-0.3, -0.25) is 9.59 Å². The zero-order chi connectivity index (χ0) is 22.7. The molecule has 1 fully saturated rings. The number of nitrogens with zero attached hydrogens (tertiary/aromatic N) is 5. The summed E-state index contributed by atoms with van der Waals surface area (Å²) in [5.74, 6) is 0.719. The minimum Gasteiger partial charge on any atom is -0.388 e. The highest BCUT2D eigenvalue weighted by Crippen LogP contribution is 2.25. The summed E-state index contributed by atoms with van der Waals surface area (Å²) >= 11 is 0. The molecule has 3 aromatic rings. The number of para-hydroxylation sites is 1. The fourth-order valence-electron chi connectivity index (χ4n) is 4.41. The van der Waals surface area contributed by atoms with Crippen LogP contribution < -0.4 is 4.90 Å². The van der Waals surface area contributed by atoms with Crippen molar-refractivity contribution in [3.63, 3.8) is 0 Å². The molecule has 0 atom stereocenters. The van der Waals surface area contributed by atoms with E-state index in [1.54, 1.807) is 6.92 Å². The number of hydrogen-bond acceptors (Lipinski definition) is 6. The molecule has 168 valence electrons. The van der Waals surface area contributed by atoms with E-state index in [4.69, 9.17) is 5.11 Å². The summed E-state index contributed by atoms with van der Waals surface area (Å²) in [5, 5.41) is 10.1. The van der Waals surface area contributed by atoms with E-state index in [1.165, 1.54) is 28.9 Å². The number of Topliss-reactive ketones (excluding diaryl/α,β-unsaturated/α-hetero) is 1. The zero-order valence-electron chi connectivity index (χ0n) is 18.6. The number of hydrogen-bond donors (Lipinski definition) is 1. The van der Waals surface area contributed by atoms with Crippen LogP contribution in [0.5, 0.6) is 0 Å². The first kappa shape index (κ1) is 22.0. The van der Waals surface area contributed by atoms with Crippen molar-refractivity contribution < 1.29 is 14.7 Å². The van der Waals surface area contributed by atoms with E-state index in [2.05, 4.69) is 37.8 Å². The molecule has 0 bridgehead atoms. The van der Waals surface area contributed by atoms with E-state index >= 15 is 0 Å². The van der Waals surface area contributed by atoms with Gasteiger partial charge in [0.15, 0.2) is 5.78 Å². The Hall–Kier alpha value is -3.26. The summed E-state index contributed by atoms with van der Waals surface area (Å²) < 4.78 is 2.11. The van der Waals surface area contributed by atoms with Gasteiger partial charge in [-0.1, -0.05) is 18.2 Å². The van der Waals surface area contributed by atoms with Gasteiger partial charge in [0, 0.05) is 69.6 Å². The van der Waals surface area contributed by atoms with Crippen molar-refractivity contribution >= 4 is 28.5 Å². The third-order valence-electron chi connectivity index (χ3n) is 6.27. The van der Waals surface area contributed by atoms with Gasteiger partial charge >= 0.3 is 0 Å². The van der Waals surface area contributed by atoms with Crippen molar-refractivity contribution in [2.24, 2.45) is 13.0 Å². The molecule has 8 nitrogen and oxygen atoms in total. The molecule has 0 radical (unpaired) electrons. The Morgan fingerprint density at radius 3 is 2.50 bits per heavy atom. The number of benzene rings is 1. The van der Waals surface area contributed by atoms with Crippen LogP contribution in [0.1, 0.15) is 35.7 Å². The SMILES string of the molecule is CC(=O)N(Cc1cn(C)c2ccccc12)CC1CCN(c2ncc(C(=O)CO)cn2)CC1. The van der Waals surface area contributed by atoms with Gasteiger partial charge in [0.2, 0.25) is 11.9 Å². The second-order valence-electron chi connectivity index (χ2n) is 8.47. The van der Waals surface area contributed by atoms with Crippen LogP contribution >= 0.6 is 0 Å². The summed E-state index contributed by atoms with van der Waals surface area (Å²) in [4.78, 5) is 36.6. The summed E-state index contributed by atoms with van der Waals surface area (Å²) in [6.45, 7) is 4.05. The molecule has 4 rings (SSSR count). The fourth-order valence-corrected chi connectivity index (χ4v) is 4.41. The van der Waals surface area contributed by atoms with E-state index < -0.39 is 6.61 Å². The molecule has 1 amide bonds. The van der Waals surface area contributed by atoms with Crippen LogP contribution in [-0.4, -0.2) is 62.5 Å². The number of aliphatic hydroxyl groups excluding tert-OH is 1. The van der Waals surface area contributed by atoms with Gasteiger partial charge in [-0.15, -0.1) is 0 Å². The molecule has 2 aromatic heterocycles. The molecule has 0 spiro atoms. The molecule has 0 unspecified atom stereocenters. The predicted octanol–water partition coefficient (Wildman–Crippen LogP) is 2.41. The number of piperidine rings is 1. The highest BCUT2D eigenvalue weighted by atomic mass is 16.3. The maximum absolute atomic E-state index is 12.4. The average molecular weight is 436 g/mol. The maximum Gasteiger partial charge on any atom is 0.225 e. The largest absolute Gasteiger partial charge is 0.388 e. The Labute approximate surface area is 187 Å². The lowest BCUT2D eigenvalue weighted by atomic mass is 9.96. The summed E-state index contributed by atoms with van der Waals surface area (Å²) in [5.41, 5.74) is 2.66. The molecule has 1 saturated heterocycles. The number of anilines is 1. The topological polar surface area (TPSA) is 91.6 Å². The predicted molar refractivity (Wildman–Crippen MR) is 122 cm³/mol. The molecular weight excluding hydrogens is 406 g/mol. The molecular formula is C24H29N5O3. The number of amides is 1. The molecule has 3 heterocycles. The molecule has 0 saturated carbocycles. The van der Waals surface area contributed by atoms with Gasteiger partial charge in [-0.2, -0.15) is 0 Å². The second-order valence-corrected chi connectivity index (χ2v) is 8.47. The first-order valence-corrected chi connectivity index (χ1v) is 11.0. The van der Waals surface area contributed by atoms with Gasteiger partial charge in [-0.05, 0) is 30.4 Å². The van der Waals surface area contributed by atoms with Crippen molar-refractivity contribution in [2.45, 2.75) is 26.3 Å². The Morgan fingerprint density at radius 1 is 1.16 bits per heavy atom. The van der Waals surface area contributed by atoms with E-state index in [0.717, 1.165) is 32.5 Å². The second kappa shape index (κ2) is 9.48. The fraction of sp³-hybridized carbons (Fsp3) is 0.417. The molecule has 1 aromatic carbocycles. The van der Waals surface area contributed by atoms with Crippen molar-refractivity contribution in [1.29, 1.82) is 0 Å². The van der Waals surface area contributed by atoms with Gasteiger partial charge in [-0.25, -0.2) is 9.97 Å².